The number of nitrogens with one attached hydrogen (secondary N) is 1. The number of unbranched alkanes of at least 4 members (excludes halogenated alkanes) is 3. The van der Waals surface area contributed by atoms with E-state index in [1.54, 1.807) is 20.3 Å². The molecule has 1 amide bonds. The van der Waals surface area contributed by atoms with Crippen molar-refractivity contribution in [3.63, 3.8) is 0 Å². The summed E-state index contributed by atoms with van der Waals surface area (Å²) in [5, 5.41) is 2.77. The molecule has 0 aromatic heterocycles. The summed E-state index contributed by atoms with van der Waals surface area (Å²) in [5.74, 6) is 0.971. The Bertz CT molecular complexity index is 1120. The van der Waals surface area contributed by atoms with Crippen molar-refractivity contribution in [3.05, 3.63) is 54.1 Å². The van der Waals surface area contributed by atoms with Gasteiger partial charge in [0.05, 0.1) is 27.4 Å². The van der Waals surface area contributed by atoms with Gasteiger partial charge in [-0.05, 0) is 87.8 Å². The Morgan fingerprint density at radius 3 is 1.91 bits per heavy atom. The molecule has 0 spiro atoms. The summed E-state index contributed by atoms with van der Waals surface area (Å²) in [4.78, 5) is 24.0. The number of benzene rings is 2. The largest absolute Gasteiger partial charge is 0.500 e. The van der Waals surface area contributed by atoms with Crippen LogP contribution in [-0.4, -0.2) is 74.7 Å². The van der Waals surface area contributed by atoms with E-state index in [2.05, 4.69) is 5.32 Å². The van der Waals surface area contributed by atoms with E-state index in [0.717, 1.165) is 42.4 Å². The third-order valence-corrected chi connectivity index (χ3v) is 9.73. The highest BCUT2D eigenvalue weighted by Crippen LogP contribution is 2.32. The molecule has 0 radical (unpaired) electrons. The highest BCUT2D eigenvalue weighted by Gasteiger charge is 2.39. The van der Waals surface area contributed by atoms with E-state index in [1.165, 1.54) is 6.08 Å². The van der Waals surface area contributed by atoms with Crippen LogP contribution in [0.15, 0.2) is 48.5 Å². The SMILES string of the molecule is CCO[Si](CCCNC(=O)OCCCCCCOC(=O)/C=C/c1ccc(-c2ccc(OC)c(OC)c2)cc1)(OCC)OCC. The van der Waals surface area contributed by atoms with Crippen LogP contribution < -0.4 is 14.8 Å². The fourth-order valence-electron chi connectivity index (χ4n) is 4.46. The fourth-order valence-corrected chi connectivity index (χ4v) is 7.07. The van der Waals surface area contributed by atoms with Gasteiger partial charge in [-0.2, -0.15) is 0 Å². The lowest BCUT2D eigenvalue weighted by Gasteiger charge is -2.28. The fraction of sp³-hybridized carbons (Fsp3) is 0.515. The predicted octanol–water partition coefficient (Wildman–Crippen LogP) is 6.65. The second-order valence-corrected chi connectivity index (χ2v) is 12.5. The second-order valence-electron chi connectivity index (χ2n) is 9.76. The van der Waals surface area contributed by atoms with Crippen LogP contribution in [0, 0.1) is 0 Å². The summed E-state index contributed by atoms with van der Waals surface area (Å²) in [6.07, 6.45) is 6.66. The van der Waals surface area contributed by atoms with Gasteiger partial charge in [0, 0.05) is 38.5 Å². The smallest absolute Gasteiger partial charge is 0.493 e. The van der Waals surface area contributed by atoms with Crippen LogP contribution in [0.3, 0.4) is 0 Å². The van der Waals surface area contributed by atoms with Crippen molar-refractivity contribution in [1.82, 2.24) is 5.32 Å². The normalized spacial score (nSPS) is 11.4. The first-order chi connectivity index (χ1) is 21.4. The molecule has 0 aliphatic carbocycles. The summed E-state index contributed by atoms with van der Waals surface area (Å²) >= 11 is 0. The molecule has 2 aromatic carbocycles. The van der Waals surface area contributed by atoms with Crippen LogP contribution >= 0.6 is 0 Å². The zero-order valence-corrected chi connectivity index (χ0v) is 27.9. The molecule has 0 heterocycles. The number of esters is 1. The first-order valence-electron chi connectivity index (χ1n) is 15.4. The van der Waals surface area contributed by atoms with Gasteiger partial charge < -0.3 is 37.5 Å². The van der Waals surface area contributed by atoms with E-state index < -0.39 is 14.9 Å². The molecular formula is C33H49NO9Si. The molecule has 11 heteroatoms. The third kappa shape index (κ3) is 13.5. The molecule has 2 rings (SSSR count). The summed E-state index contributed by atoms with van der Waals surface area (Å²) in [6, 6.07) is 14.3. The molecule has 1 N–H and O–H groups in total. The van der Waals surface area contributed by atoms with Gasteiger partial charge in [0.15, 0.2) is 11.5 Å². The highest BCUT2D eigenvalue weighted by molar-refractivity contribution is 6.60. The molecule has 44 heavy (non-hydrogen) atoms. The van der Waals surface area contributed by atoms with E-state index in [4.69, 9.17) is 32.2 Å². The topological polar surface area (TPSA) is 111 Å². The summed E-state index contributed by atoms with van der Waals surface area (Å²) < 4.78 is 38.7. The van der Waals surface area contributed by atoms with Gasteiger partial charge in [-0.3, -0.25) is 0 Å². The van der Waals surface area contributed by atoms with Gasteiger partial charge in [0.2, 0.25) is 0 Å². The minimum atomic E-state index is -2.69. The van der Waals surface area contributed by atoms with Crippen LogP contribution in [0.1, 0.15) is 58.4 Å². The van der Waals surface area contributed by atoms with E-state index in [9.17, 15) is 9.59 Å². The minimum Gasteiger partial charge on any atom is -0.493 e. The second kappa shape index (κ2) is 21.3. The van der Waals surface area contributed by atoms with Gasteiger partial charge in [-0.25, -0.2) is 9.59 Å². The molecule has 0 unspecified atom stereocenters. The molecule has 2 aromatic rings. The van der Waals surface area contributed by atoms with E-state index in [0.29, 0.717) is 63.5 Å². The zero-order chi connectivity index (χ0) is 32.0. The van der Waals surface area contributed by atoms with Gasteiger partial charge in [-0.1, -0.05) is 30.3 Å². The van der Waals surface area contributed by atoms with E-state index in [1.807, 2.05) is 63.2 Å². The average Bonchev–Trinajstić information content (AvgIpc) is 3.03. The Balaban J connectivity index is 1.56. The quantitative estimate of drug-likeness (QED) is 0.0661. The summed E-state index contributed by atoms with van der Waals surface area (Å²) in [7, 11) is 0.525. The number of ether oxygens (including phenoxy) is 4. The summed E-state index contributed by atoms with van der Waals surface area (Å²) in [5.41, 5.74) is 2.93. The van der Waals surface area contributed by atoms with Crippen LogP contribution in [0.25, 0.3) is 17.2 Å². The number of rotatable bonds is 22. The maximum absolute atomic E-state index is 12.1. The molecule has 0 bridgehead atoms. The maximum Gasteiger partial charge on any atom is 0.500 e. The number of methoxy groups -OCH3 is 2. The Morgan fingerprint density at radius 1 is 0.727 bits per heavy atom. The number of hydrogen-bond donors (Lipinski definition) is 1. The molecule has 0 saturated heterocycles. The van der Waals surface area contributed by atoms with Crippen LogP contribution in [-0.2, 0) is 27.5 Å². The monoisotopic (exact) mass is 631 g/mol. The first kappa shape index (κ1) is 36.8. The van der Waals surface area contributed by atoms with Crippen molar-refractivity contribution in [3.8, 4) is 22.6 Å². The van der Waals surface area contributed by atoms with Crippen molar-refractivity contribution in [2.45, 2.75) is 58.9 Å². The number of amides is 1. The Kier molecular flexibility index (Phi) is 17.9. The Hall–Kier alpha value is -3.38. The number of alkyl carbamates (subject to hydrolysis) is 1. The first-order valence-corrected chi connectivity index (χ1v) is 17.3. The van der Waals surface area contributed by atoms with Gasteiger partial charge in [0.25, 0.3) is 0 Å². The van der Waals surface area contributed by atoms with E-state index >= 15 is 0 Å². The van der Waals surface area contributed by atoms with Crippen molar-refractivity contribution in [1.29, 1.82) is 0 Å². The lowest BCUT2D eigenvalue weighted by Crippen LogP contribution is -2.46. The van der Waals surface area contributed by atoms with Gasteiger partial charge in [-0.15, -0.1) is 0 Å². The maximum atomic E-state index is 12.1. The molecule has 244 valence electrons. The van der Waals surface area contributed by atoms with Gasteiger partial charge in [0.1, 0.15) is 0 Å². The molecule has 0 fully saturated rings. The van der Waals surface area contributed by atoms with Crippen molar-refractivity contribution >= 4 is 26.9 Å². The molecule has 0 aliphatic heterocycles. The predicted molar refractivity (Wildman–Crippen MR) is 173 cm³/mol. The highest BCUT2D eigenvalue weighted by atomic mass is 28.4. The van der Waals surface area contributed by atoms with Crippen molar-refractivity contribution < 1.29 is 41.8 Å². The van der Waals surface area contributed by atoms with Crippen molar-refractivity contribution in [2.75, 3.05) is 53.8 Å². The van der Waals surface area contributed by atoms with Crippen molar-refractivity contribution in [2.24, 2.45) is 0 Å². The molecular weight excluding hydrogens is 582 g/mol. The number of hydrogen-bond acceptors (Lipinski definition) is 9. The van der Waals surface area contributed by atoms with Crippen LogP contribution in [0.2, 0.25) is 6.04 Å². The zero-order valence-electron chi connectivity index (χ0n) is 26.9. The number of carbonyl (C=O) groups is 2. The molecule has 0 saturated carbocycles. The van der Waals surface area contributed by atoms with Crippen LogP contribution in [0.4, 0.5) is 4.79 Å². The summed E-state index contributed by atoms with van der Waals surface area (Å²) in [6.45, 7) is 8.50. The van der Waals surface area contributed by atoms with Gasteiger partial charge >= 0.3 is 20.9 Å². The standard InChI is InChI=1S/C33H49NO9Si/c1-6-41-44(42-7-2,43-8-3)25-13-22-34-33(36)40-24-12-10-9-11-23-39-32(35)21-16-27-14-17-28(18-15-27)29-19-20-30(37-4)31(26-29)38-5/h14-21,26H,6-13,22-25H2,1-5H3,(H,34,36)/b21-16+. The van der Waals surface area contributed by atoms with E-state index in [-0.39, 0.29) is 5.97 Å². The molecule has 10 nitrogen and oxygen atoms in total. The Labute approximate surface area is 263 Å². The third-order valence-electron chi connectivity index (χ3n) is 6.58. The molecule has 0 atom stereocenters. The molecule has 0 aliphatic rings. The van der Waals surface area contributed by atoms with Crippen LogP contribution in [0.5, 0.6) is 11.5 Å². The lowest BCUT2D eigenvalue weighted by molar-refractivity contribution is -0.137. The lowest BCUT2D eigenvalue weighted by atomic mass is 10.0. The minimum absolute atomic E-state index is 0.342. The number of carbonyl (C=O) groups excluding carboxylic acids is 2. The average molecular weight is 632 g/mol. The Morgan fingerprint density at radius 2 is 1.32 bits per heavy atom.